The predicted octanol–water partition coefficient (Wildman–Crippen LogP) is 6.12. The van der Waals surface area contributed by atoms with E-state index < -0.39 is 17.6 Å². The molecule has 1 atom stereocenters. The number of hydrogen-bond donors (Lipinski definition) is 1. The van der Waals surface area contributed by atoms with Crippen LogP contribution < -0.4 is 14.8 Å². The van der Waals surface area contributed by atoms with Crippen LogP contribution in [0.3, 0.4) is 0 Å². The number of amides is 1. The van der Waals surface area contributed by atoms with Gasteiger partial charge in [0.15, 0.2) is 17.2 Å². The molecule has 1 aliphatic heterocycles. The van der Waals surface area contributed by atoms with E-state index in [1.807, 2.05) is 48.2 Å². The number of rotatable bonds is 9. The minimum Gasteiger partial charge on any atom is -0.454 e. The van der Waals surface area contributed by atoms with Crippen molar-refractivity contribution in [3.05, 3.63) is 113 Å². The fourth-order valence-corrected chi connectivity index (χ4v) is 4.41. The number of fused-ring (bicyclic) bond motifs is 1. The second-order valence-corrected chi connectivity index (χ2v) is 9.14. The Morgan fingerprint density at radius 2 is 1.74 bits per heavy atom. The summed E-state index contributed by atoms with van der Waals surface area (Å²) in [5.74, 6) is 1.05. The van der Waals surface area contributed by atoms with Crippen molar-refractivity contribution in [2.24, 2.45) is 0 Å². The Hall–Kier alpha value is -4.31. The molecule has 0 unspecified atom stereocenters. The minimum atomic E-state index is -4.48. The molecule has 3 aromatic carbocycles. The largest absolute Gasteiger partial charge is 0.454 e. The molecule has 0 saturated heterocycles. The molecular formula is C29H26F3N3O4. The quantitative estimate of drug-likeness (QED) is 0.277. The first kappa shape index (κ1) is 26.3. The van der Waals surface area contributed by atoms with Gasteiger partial charge in [-0.1, -0.05) is 54.6 Å². The van der Waals surface area contributed by atoms with Crippen LogP contribution in [0.1, 0.15) is 51.6 Å². The highest BCUT2D eigenvalue weighted by molar-refractivity contribution is 5.91. The van der Waals surface area contributed by atoms with Gasteiger partial charge in [0.05, 0.1) is 12.1 Å². The van der Waals surface area contributed by atoms with Crippen molar-refractivity contribution in [2.75, 3.05) is 6.79 Å². The van der Waals surface area contributed by atoms with E-state index in [2.05, 4.69) is 10.3 Å². The molecule has 202 valence electrons. The van der Waals surface area contributed by atoms with E-state index in [0.29, 0.717) is 11.5 Å². The van der Waals surface area contributed by atoms with Crippen LogP contribution in [0, 0.1) is 0 Å². The van der Waals surface area contributed by atoms with Crippen LogP contribution >= 0.6 is 0 Å². The standard InChI is InChI=1S/C29H26F3N3O4/c1-19(21-7-3-2-4-8-21)35(15-22-9-5-6-10-23(22)29(30,31)32)16-27-34-24(17-37-27)28(36)33-14-20-11-12-25-26(13-20)39-18-38-25/h2-13,17,19H,14-16,18H2,1H3,(H,33,36)/t19-/m1/s1. The van der Waals surface area contributed by atoms with E-state index in [1.54, 1.807) is 18.2 Å². The SMILES string of the molecule is C[C@H](c1ccccc1)N(Cc1nc(C(=O)NCc2ccc3c(c2)OCO3)co1)Cc1ccccc1C(F)(F)F. The Kier molecular flexibility index (Phi) is 7.56. The maximum Gasteiger partial charge on any atom is 0.416 e. The van der Waals surface area contributed by atoms with Gasteiger partial charge in [0.2, 0.25) is 12.7 Å². The number of carbonyl (C=O) groups is 1. The Morgan fingerprint density at radius 1 is 1.00 bits per heavy atom. The highest BCUT2D eigenvalue weighted by Gasteiger charge is 2.34. The number of hydrogen-bond acceptors (Lipinski definition) is 6. The van der Waals surface area contributed by atoms with Gasteiger partial charge in [0.1, 0.15) is 6.26 Å². The number of alkyl halides is 3. The Labute approximate surface area is 223 Å². The summed E-state index contributed by atoms with van der Waals surface area (Å²) in [5.41, 5.74) is 1.28. The molecule has 7 nitrogen and oxygen atoms in total. The van der Waals surface area contributed by atoms with Crippen molar-refractivity contribution in [3.63, 3.8) is 0 Å². The van der Waals surface area contributed by atoms with Gasteiger partial charge in [0, 0.05) is 19.1 Å². The van der Waals surface area contributed by atoms with Gasteiger partial charge >= 0.3 is 6.18 Å². The zero-order valence-corrected chi connectivity index (χ0v) is 21.1. The number of aromatic nitrogens is 1. The molecule has 0 spiro atoms. The number of ether oxygens (including phenoxy) is 2. The molecule has 0 radical (unpaired) electrons. The topological polar surface area (TPSA) is 76.8 Å². The Balaban J connectivity index is 1.31. The first-order valence-corrected chi connectivity index (χ1v) is 12.3. The van der Waals surface area contributed by atoms with Crippen molar-refractivity contribution in [1.82, 2.24) is 15.2 Å². The lowest BCUT2D eigenvalue weighted by molar-refractivity contribution is -0.138. The summed E-state index contributed by atoms with van der Waals surface area (Å²) >= 11 is 0. The Bertz CT molecular complexity index is 1440. The molecule has 0 bridgehead atoms. The van der Waals surface area contributed by atoms with Gasteiger partial charge in [-0.3, -0.25) is 9.69 Å². The van der Waals surface area contributed by atoms with Gasteiger partial charge < -0.3 is 19.2 Å². The Morgan fingerprint density at radius 3 is 2.54 bits per heavy atom. The molecule has 5 rings (SSSR count). The van der Waals surface area contributed by atoms with Crippen LogP contribution in [0.2, 0.25) is 0 Å². The van der Waals surface area contributed by atoms with Crippen LogP contribution in [-0.4, -0.2) is 22.6 Å². The summed E-state index contributed by atoms with van der Waals surface area (Å²) in [5, 5.41) is 2.79. The number of nitrogens with zero attached hydrogens (tertiary/aromatic N) is 2. The molecule has 0 aliphatic carbocycles. The third-order valence-corrected chi connectivity index (χ3v) is 6.54. The van der Waals surface area contributed by atoms with Crippen LogP contribution in [0.5, 0.6) is 11.5 Å². The van der Waals surface area contributed by atoms with E-state index in [0.717, 1.165) is 17.2 Å². The van der Waals surface area contributed by atoms with Crippen molar-refractivity contribution in [3.8, 4) is 11.5 Å². The van der Waals surface area contributed by atoms with Gasteiger partial charge in [-0.05, 0) is 41.8 Å². The fraction of sp³-hybridized carbons (Fsp3) is 0.241. The minimum absolute atomic E-state index is 0.000230. The molecule has 1 N–H and O–H groups in total. The van der Waals surface area contributed by atoms with Crippen LogP contribution in [-0.2, 0) is 25.8 Å². The van der Waals surface area contributed by atoms with Gasteiger partial charge in [-0.25, -0.2) is 4.98 Å². The van der Waals surface area contributed by atoms with Crippen LogP contribution in [0.15, 0.2) is 83.5 Å². The van der Waals surface area contributed by atoms with Crippen molar-refractivity contribution in [1.29, 1.82) is 0 Å². The van der Waals surface area contributed by atoms with E-state index in [1.165, 1.54) is 18.4 Å². The van der Waals surface area contributed by atoms with Crippen LogP contribution in [0.4, 0.5) is 13.2 Å². The summed E-state index contributed by atoms with van der Waals surface area (Å²) < 4.78 is 57.3. The fourth-order valence-electron chi connectivity index (χ4n) is 4.41. The molecule has 2 heterocycles. The summed E-state index contributed by atoms with van der Waals surface area (Å²) in [6.45, 7) is 2.41. The average molecular weight is 538 g/mol. The van der Waals surface area contributed by atoms with Gasteiger partial charge in [-0.2, -0.15) is 13.2 Å². The first-order chi connectivity index (χ1) is 18.8. The molecule has 1 aromatic heterocycles. The number of nitrogens with one attached hydrogen (secondary N) is 1. The lowest BCUT2D eigenvalue weighted by atomic mass is 10.0. The second-order valence-electron chi connectivity index (χ2n) is 9.14. The average Bonchev–Trinajstić information content (AvgIpc) is 3.60. The van der Waals surface area contributed by atoms with E-state index in [4.69, 9.17) is 13.9 Å². The summed E-state index contributed by atoms with van der Waals surface area (Å²) in [4.78, 5) is 18.9. The molecule has 0 fully saturated rings. The molecule has 39 heavy (non-hydrogen) atoms. The number of oxazole rings is 1. The van der Waals surface area contributed by atoms with E-state index in [9.17, 15) is 18.0 Å². The summed E-state index contributed by atoms with van der Waals surface area (Å²) in [7, 11) is 0. The maximum absolute atomic E-state index is 13.7. The van der Waals surface area contributed by atoms with Crippen molar-refractivity contribution < 1.29 is 31.9 Å². The van der Waals surface area contributed by atoms with Crippen molar-refractivity contribution in [2.45, 2.75) is 38.8 Å². The highest BCUT2D eigenvalue weighted by atomic mass is 19.4. The van der Waals surface area contributed by atoms with Crippen LogP contribution in [0.25, 0.3) is 0 Å². The second kappa shape index (κ2) is 11.2. The van der Waals surface area contributed by atoms with E-state index >= 15 is 0 Å². The molecule has 1 amide bonds. The molecule has 4 aromatic rings. The smallest absolute Gasteiger partial charge is 0.416 e. The lowest BCUT2D eigenvalue weighted by Crippen LogP contribution is -2.28. The molecule has 1 aliphatic rings. The highest BCUT2D eigenvalue weighted by Crippen LogP contribution is 2.34. The number of benzene rings is 3. The molecule has 10 heteroatoms. The first-order valence-electron chi connectivity index (χ1n) is 12.3. The summed E-state index contributed by atoms with van der Waals surface area (Å²) in [6.07, 6.45) is -3.23. The normalized spacial score (nSPS) is 13.5. The molecular weight excluding hydrogens is 511 g/mol. The van der Waals surface area contributed by atoms with Crippen molar-refractivity contribution >= 4 is 5.91 Å². The number of carbonyl (C=O) groups excluding carboxylic acids is 1. The monoisotopic (exact) mass is 537 g/mol. The lowest BCUT2D eigenvalue weighted by Gasteiger charge is -2.29. The third-order valence-electron chi connectivity index (χ3n) is 6.54. The molecule has 0 saturated carbocycles. The van der Waals surface area contributed by atoms with Gasteiger partial charge in [0.25, 0.3) is 5.91 Å². The zero-order chi connectivity index (χ0) is 27.4. The third kappa shape index (κ3) is 6.23. The predicted molar refractivity (Wildman–Crippen MR) is 136 cm³/mol. The zero-order valence-electron chi connectivity index (χ0n) is 21.1. The number of halogens is 3. The summed E-state index contributed by atoms with van der Waals surface area (Å²) in [6, 6.07) is 20.1. The maximum atomic E-state index is 13.7. The van der Waals surface area contributed by atoms with Gasteiger partial charge in [-0.15, -0.1) is 0 Å². The van der Waals surface area contributed by atoms with E-state index in [-0.39, 0.29) is 49.6 Å².